The Labute approximate surface area is 97.4 Å². The van der Waals surface area contributed by atoms with Gasteiger partial charge in [0.25, 0.3) is 0 Å². The van der Waals surface area contributed by atoms with Gasteiger partial charge in [-0.2, -0.15) is 5.26 Å². The average molecular weight is 223 g/mol. The van der Waals surface area contributed by atoms with E-state index in [2.05, 4.69) is 16.7 Å². The third kappa shape index (κ3) is 4.63. The fourth-order valence-electron chi connectivity index (χ4n) is 1.79. The van der Waals surface area contributed by atoms with Crippen molar-refractivity contribution in [2.45, 2.75) is 45.6 Å². The van der Waals surface area contributed by atoms with Crippen LogP contribution < -0.4 is 10.6 Å². The van der Waals surface area contributed by atoms with Gasteiger partial charge in [-0.1, -0.05) is 12.8 Å². The number of amides is 1. The number of hydrogen-bond donors (Lipinski definition) is 2. The van der Waals surface area contributed by atoms with Crippen molar-refractivity contribution in [3.63, 3.8) is 0 Å². The molecule has 0 bridgehead atoms. The first-order valence-corrected chi connectivity index (χ1v) is 5.95. The van der Waals surface area contributed by atoms with Crippen LogP contribution in [-0.2, 0) is 4.79 Å². The minimum Gasteiger partial charge on any atom is -0.353 e. The lowest BCUT2D eigenvalue weighted by Crippen LogP contribution is -2.41. The summed E-state index contributed by atoms with van der Waals surface area (Å²) < 4.78 is 0. The van der Waals surface area contributed by atoms with Gasteiger partial charge in [0, 0.05) is 12.6 Å². The molecular weight excluding hydrogens is 202 g/mol. The van der Waals surface area contributed by atoms with E-state index in [0.29, 0.717) is 19.1 Å². The number of hydrogen-bond acceptors (Lipinski definition) is 3. The molecule has 1 fully saturated rings. The van der Waals surface area contributed by atoms with Crippen LogP contribution in [0.4, 0.5) is 0 Å². The van der Waals surface area contributed by atoms with Crippen molar-refractivity contribution < 1.29 is 4.79 Å². The first-order valence-electron chi connectivity index (χ1n) is 5.95. The molecule has 16 heavy (non-hydrogen) atoms. The maximum absolute atomic E-state index is 11.5. The van der Waals surface area contributed by atoms with Crippen LogP contribution in [0, 0.1) is 16.7 Å². The standard InChI is InChI=1S/C12H21N3O/c1-12(2,8-13)9-15-11(16)7-14-10-5-3-4-6-10/h10,14H,3-7,9H2,1-2H3,(H,15,16). The van der Waals surface area contributed by atoms with Crippen molar-refractivity contribution in [3.8, 4) is 6.07 Å². The first-order chi connectivity index (χ1) is 7.53. The first kappa shape index (κ1) is 13.0. The van der Waals surface area contributed by atoms with E-state index in [1.807, 2.05) is 13.8 Å². The zero-order valence-electron chi connectivity index (χ0n) is 10.2. The molecule has 0 saturated heterocycles. The molecule has 4 nitrogen and oxygen atoms in total. The van der Waals surface area contributed by atoms with Crippen LogP contribution in [0.25, 0.3) is 0 Å². The predicted molar refractivity (Wildman–Crippen MR) is 62.7 cm³/mol. The summed E-state index contributed by atoms with van der Waals surface area (Å²) in [5.74, 6) is -0.0183. The molecule has 4 heteroatoms. The molecule has 0 aromatic carbocycles. The molecule has 0 aromatic heterocycles. The molecule has 2 N–H and O–H groups in total. The SMILES string of the molecule is CC(C)(C#N)CNC(=O)CNC1CCCC1. The van der Waals surface area contributed by atoms with Crippen LogP contribution in [0.3, 0.4) is 0 Å². The van der Waals surface area contributed by atoms with E-state index in [9.17, 15) is 4.79 Å². The fraction of sp³-hybridized carbons (Fsp3) is 0.833. The second kappa shape index (κ2) is 5.86. The minimum atomic E-state index is -0.483. The van der Waals surface area contributed by atoms with Gasteiger partial charge in [0.15, 0.2) is 0 Å². The molecule has 1 amide bonds. The van der Waals surface area contributed by atoms with Crippen molar-refractivity contribution in [3.05, 3.63) is 0 Å². The zero-order chi connectivity index (χ0) is 12.0. The van der Waals surface area contributed by atoms with Crippen LogP contribution in [0.1, 0.15) is 39.5 Å². The molecule has 0 spiro atoms. The maximum atomic E-state index is 11.5. The molecule has 0 aliphatic heterocycles. The topological polar surface area (TPSA) is 64.9 Å². The van der Waals surface area contributed by atoms with E-state index in [1.54, 1.807) is 0 Å². The summed E-state index contributed by atoms with van der Waals surface area (Å²) in [5.41, 5.74) is -0.483. The van der Waals surface area contributed by atoms with E-state index >= 15 is 0 Å². The molecule has 0 radical (unpaired) electrons. The highest BCUT2D eigenvalue weighted by atomic mass is 16.1. The van der Waals surface area contributed by atoms with Gasteiger partial charge in [-0.3, -0.25) is 4.79 Å². The third-order valence-electron chi connectivity index (χ3n) is 2.94. The Balaban J connectivity index is 2.14. The zero-order valence-corrected chi connectivity index (χ0v) is 10.2. The number of nitrogens with zero attached hydrogens (tertiary/aromatic N) is 1. The van der Waals surface area contributed by atoms with Crippen molar-refractivity contribution in [2.75, 3.05) is 13.1 Å². The van der Waals surface area contributed by atoms with Crippen molar-refractivity contribution in [2.24, 2.45) is 5.41 Å². The smallest absolute Gasteiger partial charge is 0.234 e. The Bertz CT molecular complexity index is 274. The Morgan fingerprint density at radius 2 is 2.06 bits per heavy atom. The number of nitrogens with one attached hydrogen (secondary N) is 2. The van der Waals surface area contributed by atoms with Gasteiger partial charge in [-0.15, -0.1) is 0 Å². The highest BCUT2D eigenvalue weighted by Crippen LogP contribution is 2.17. The Morgan fingerprint density at radius 1 is 1.44 bits per heavy atom. The summed E-state index contributed by atoms with van der Waals surface area (Å²) in [4.78, 5) is 11.5. The highest BCUT2D eigenvalue weighted by Gasteiger charge is 2.18. The lowest BCUT2D eigenvalue weighted by atomic mass is 9.96. The molecule has 1 saturated carbocycles. The number of nitriles is 1. The molecule has 0 aromatic rings. The summed E-state index contributed by atoms with van der Waals surface area (Å²) in [7, 11) is 0. The van der Waals surface area contributed by atoms with Gasteiger partial charge in [-0.05, 0) is 26.7 Å². The van der Waals surface area contributed by atoms with Gasteiger partial charge in [-0.25, -0.2) is 0 Å². The van der Waals surface area contributed by atoms with E-state index in [-0.39, 0.29) is 5.91 Å². The number of rotatable bonds is 5. The van der Waals surface area contributed by atoms with Gasteiger partial charge in [0.2, 0.25) is 5.91 Å². The van der Waals surface area contributed by atoms with Crippen LogP contribution >= 0.6 is 0 Å². The number of carbonyl (C=O) groups is 1. The molecule has 1 aliphatic carbocycles. The van der Waals surface area contributed by atoms with E-state index in [1.165, 1.54) is 25.7 Å². The second-order valence-electron chi connectivity index (χ2n) is 5.13. The van der Waals surface area contributed by atoms with E-state index < -0.39 is 5.41 Å². The Kier molecular flexibility index (Phi) is 4.75. The Morgan fingerprint density at radius 3 is 2.62 bits per heavy atom. The van der Waals surface area contributed by atoms with Gasteiger partial charge in [0.1, 0.15) is 0 Å². The quantitative estimate of drug-likeness (QED) is 0.735. The average Bonchev–Trinajstić information content (AvgIpc) is 2.76. The molecule has 90 valence electrons. The van der Waals surface area contributed by atoms with Crippen molar-refractivity contribution in [1.29, 1.82) is 5.26 Å². The summed E-state index contributed by atoms with van der Waals surface area (Å²) in [6.45, 7) is 4.41. The summed E-state index contributed by atoms with van der Waals surface area (Å²) in [6, 6.07) is 2.67. The third-order valence-corrected chi connectivity index (χ3v) is 2.94. The summed E-state index contributed by atoms with van der Waals surface area (Å²) >= 11 is 0. The summed E-state index contributed by atoms with van der Waals surface area (Å²) in [5, 5.41) is 14.8. The lowest BCUT2D eigenvalue weighted by Gasteiger charge is -2.17. The number of carbonyl (C=O) groups excluding carboxylic acids is 1. The second-order valence-corrected chi connectivity index (χ2v) is 5.13. The van der Waals surface area contributed by atoms with Crippen molar-refractivity contribution >= 4 is 5.91 Å². The van der Waals surface area contributed by atoms with Gasteiger partial charge < -0.3 is 10.6 Å². The largest absolute Gasteiger partial charge is 0.353 e. The molecule has 1 rings (SSSR count). The minimum absolute atomic E-state index is 0.0183. The maximum Gasteiger partial charge on any atom is 0.234 e. The van der Waals surface area contributed by atoms with Crippen LogP contribution in [-0.4, -0.2) is 25.0 Å². The van der Waals surface area contributed by atoms with Crippen molar-refractivity contribution in [1.82, 2.24) is 10.6 Å². The molecular formula is C12H21N3O. The van der Waals surface area contributed by atoms with Crippen LogP contribution in [0.2, 0.25) is 0 Å². The van der Waals surface area contributed by atoms with Gasteiger partial charge in [0.05, 0.1) is 18.0 Å². The molecule has 1 aliphatic rings. The van der Waals surface area contributed by atoms with Crippen LogP contribution in [0.5, 0.6) is 0 Å². The molecule has 0 heterocycles. The highest BCUT2D eigenvalue weighted by molar-refractivity contribution is 5.78. The molecule has 0 unspecified atom stereocenters. The Hall–Kier alpha value is -1.08. The fourth-order valence-corrected chi connectivity index (χ4v) is 1.79. The monoisotopic (exact) mass is 223 g/mol. The van der Waals surface area contributed by atoms with Crippen LogP contribution in [0.15, 0.2) is 0 Å². The summed E-state index contributed by atoms with van der Waals surface area (Å²) in [6.07, 6.45) is 4.88. The van der Waals surface area contributed by atoms with E-state index in [0.717, 1.165) is 0 Å². The van der Waals surface area contributed by atoms with Gasteiger partial charge >= 0.3 is 0 Å². The molecule has 0 atom stereocenters. The predicted octanol–water partition coefficient (Wildman–Crippen LogP) is 1.18. The normalized spacial score (nSPS) is 17.1. The lowest BCUT2D eigenvalue weighted by molar-refractivity contribution is -0.120. The van der Waals surface area contributed by atoms with E-state index in [4.69, 9.17) is 5.26 Å².